The molecule has 0 aromatic heterocycles. The second-order valence-corrected chi connectivity index (χ2v) is 4.42. The SMILES string of the molecule is CC(=O)CO[C@@H]1NC(C2CC2)=CC=C1C(N)=O. The molecule has 0 unspecified atom stereocenters. The molecule has 1 heterocycles. The third kappa shape index (κ3) is 2.94. The minimum Gasteiger partial charge on any atom is -0.366 e. The summed E-state index contributed by atoms with van der Waals surface area (Å²) in [6.07, 6.45) is 5.25. The number of rotatable bonds is 5. The Kier molecular flexibility index (Phi) is 3.28. The van der Waals surface area contributed by atoms with Gasteiger partial charge in [-0.25, -0.2) is 0 Å². The number of hydrogen-bond acceptors (Lipinski definition) is 4. The number of primary amides is 1. The Bertz CT molecular complexity index is 408. The number of amides is 1. The molecule has 1 aliphatic carbocycles. The number of carbonyl (C=O) groups is 2. The maximum Gasteiger partial charge on any atom is 0.249 e. The molecule has 2 rings (SSSR count). The van der Waals surface area contributed by atoms with Gasteiger partial charge in [0.05, 0.1) is 5.57 Å². The highest BCUT2D eigenvalue weighted by Crippen LogP contribution is 2.36. The molecular weight excluding hydrogens is 220 g/mol. The largest absolute Gasteiger partial charge is 0.366 e. The summed E-state index contributed by atoms with van der Waals surface area (Å²) in [5.74, 6) is -0.0839. The average Bonchev–Trinajstić information content (AvgIpc) is 3.09. The summed E-state index contributed by atoms with van der Waals surface area (Å²) in [4.78, 5) is 22.1. The van der Waals surface area contributed by atoms with Gasteiger partial charge in [-0.05, 0) is 37.8 Å². The molecule has 0 spiro atoms. The van der Waals surface area contributed by atoms with E-state index in [1.54, 1.807) is 6.08 Å². The van der Waals surface area contributed by atoms with Gasteiger partial charge in [0.25, 0.3) is 0 Å². The first-order valence-electron chi connectivity index (χ1n) is 5.67. The molecule has 5 nitrogen and oxygen atoms in total. The van der Waals surface area contributed by atoms with E-state index in [2.05, 4.69) is 5.32 Å². The minimum absolute atomic E-state index is 0.0275. The molecule has 0 aromatic rings. The molecule has 0 aromatic carbocycles. The maximum absolute atomic E-state index is 11.2. The summed E-state index contributed by atoms with van der Waals surface area (Å²) in [5, 5.41) is 3.12. The molecule has 2 aliphatic rings. The Labute approximate surface area is 99.7 Å². The standard InChI is InChI=1S/C12H16N2O3/c1-7(15)6-17-12-9(11(13)16)4-5-10(14-12)8-2-3-8/h4-5,8,12,14H,2-3,6H2,1H3,(H2,13,16)/t12-/m0/s1. The predicted molar refractivity (Wildman–Crippen MR) is 61.6 cm³/mol. The first-order chi connectivity index (χ1) is 8.08. The van der Waals surface area contributed by atoms with Crippen molar-refractivity contribution in [3.63, 3.8) is 0 Å². The topological polar surface area (TPSA) is 81.4 Å². The minimum atomic E-state index is -0.600. The Hall–Kier alpha value is -1.62. The van der Waals surface area contributed by atoms with Crippen LogP contribution in [0.3, 0.4) is 0 Å². The molecule has 3 N–H and O–H groups in total. The van der Waals surface area contributed by atoms with E-state index in [4.69, 9.17) is 10.5 Å². The summed E-state index contributed by atoms with van der Waals surface area (Å²) >= 11 is 0. The van der Waals surface area contributed by atoms with Gasteiger partial charge in [0.15, 0.2) is 12.0 Å². The number of carbonyl (C=O) groups excluding carboxylic acids is 2. The van der Waals surface area contributed by atoms with Crippen LogP contribution in [0.2, 0.25) is 0 Å². The van der Waals surface area contributed by atoms with Crippen LogP contribution in [-0.2, 0) is 14.3 Å². The third-order valence-electron chi connectivity index (χ3n) is 2.78. The lowest BCUT2D eigenvalue weighted by Gasteiger charge is -2.25. The number of allylic oxidation sites excluding steroid dienone is 3. The summed E-state index contributed by atoms with van der Waals surface area (Å²) in [5.41, 5.74) is 6.68. The number of nitrogens with two attached hydrogens (primary N) is 1. The van der Waals surface area contributed by atoms with Crippen LogP contribution in [0.4, 0.5) is 0 Å². The van der Waals surface area contributed by atoms with E-state index in [1.807, 2.05) is 6.08 Å². The highest BCUT2D eigenvalue weighted by atomic mass is 16.5. The van der Waals surface area contributed by atoms with Gasteiger partial charge in [-0.1, -0.05) is 0 Å². The van der Waals surface area contributed by atoms with Crippen LogP contribution in [0, 0.1) is 5.92 Å². The second-order valence-electron chi connectivity index (χ2n) is 4.42. The number of ether oxygens (including phenoxy) is 1. The lowest BCUT2D eigenvalue weighted by Crippen LogP contribution is -2.41. The number of ketones is 1. The lowest BCUT2D eigenvalue weighted by atomic mass is 10.1. The smallest absolute Gasteiger partial charge is 0.249 e. The first kappa shape index (κ1) is 11.9. The van der Waals surface area contributed by atoms with Gasteiger partial charge in [-0.15, -0.1) is 0 Å². The second kappa shape index (κ2) is 4.71. The monoisotopic (exact) mass is 236 g/mol. The molecule has 1 aliphatic heterocycles. The summed E-state index contributed by atoms with van der Waals surface area (Å²) in [6, 6.07) is 0. The maximum atomic E-state index is 11.2. The molecule has 0 saturated heterocycles. The van der Waals surface area contributed by atoms with Crippen molar-refractivity contribution in [1.82, 2.24) is 5.32 Å². The summed E-state index contributed by atoms with van der Waals surface area (Å²) < 4.78 is 5.36. The highest BCUT2D eigenvalue weighted by Gasteiger charge is 2.31. The Morgan fingerprint density at radius 3 is 2.71 bits per heavy atom. The molecule has 1 atom stereocenters. The predicted octanol–water partition coefficient (Wildman–Crippen LogP) is 0.227. The molecule has 1 saturated carbocycles. The zero-order valence-corrected chi connectivity index (χ0v) is 9.73. The molecule has 0 radical (unpaired) electrons. The van der Waals surface area contributed by atoms with Crippen LogP contribution < -0.4 is 11.1 Å². The number of dihydropyridines is 1. The van der Waals surface area contributed by atoms with Gasteiger partial charge in [0, 0.05) is 5.70 Å². The van der Waals surface area contributed by atoms with E-state index in [9.17, 15) is 9.59 Å². The van der Waals surface area contributed by atoms with Crippen LogP contribution in [-0.4, -0.2) is 24.5 Å². The zero-order valence-electron chi connectivity index (χ0n) is 9.73. The van der Waals surface area contributed by atoms with Crippen LogP contribution in [0.25, 0.3) is 0 Å². The molecule has 17 heavy (non-hydrogen) atoms. The fourth-order valence-corrected chi connectivity index (χ4v) is 1.74. The van der Waals surface area contributed by atoms with E-state index in [0.717, 1.165) is 18.5 Å². The average molecular weight is 236 g/mol. The molecule has 5 heteroatoms. The number of nitrogens with one attached hydrogen (secondary N) is 1. The third-order valence-corrected chi connectivity index (χ3v) is 2.78. The normalized spacial score (nSPS) is 23.5. The fraction of sp³-hybridized carbons (Fsp3) is 0.500. The van der Waals surface area contributed by atoms with Crippen LogP contribution >= 0.6 is 0 Å². The molecule has 1 fully saturated rings. The van der Waals surface area contributed by atoms with Crippen LogP contribution in [0.15, 0.2) is 23.4 Å². The van der Waals surface area contributed by atoms with Crippen molar-refractivity contribution in [2.24, 2.45) is 11.7 Å². The lowest BCUT2D eigenvalue weighted by molar-refractivity contribution is -0.125. The fourth-order valence-electron chi connectivity index (χ4n) is 1.74. The van der Waals surface area contributed by atoms with E-state index in [1.165, 1.54) is 6.92 Å². The van der Waals surface area contributed by atoms with Crippen molar-refractivity contribution >= 4 is 11.7 Å². The van der Waals surface area contributed by atoms with Crippen molar-refractivity contribution in [3.8, 4) is 0 Å². The van der Waals surface area contributed by atoms with E-state index in [-0.39, 0.29) is 12.4 Å². The summed E-state index contributed by atoms with van der Waals surface area (Å²) in [7, 11) is 0. The molecule has 92 valence electrons. The molecule has 0 bridgehead atoms. The summed E-state index contributed by atoms with van der Waals surface area (Å²) in [6.45, 7) is 1.41. The van der Waals surface area contributed by atoms with Gasteiger partial charge >= 0.3 is 0 Å². The zero-order chi connectivity index (χ0) is 12.4. The Morgan fingerprint density at radius 2 is 2.18 bits per heavy atom. The van der Waals surface area contributed by atoms with Crippen LogP contribution in [0.5, 0.6) is 0 Å². The van der Waals surface area contributed by atoms with Crippen LogP contribution in [0.1, 0.15) is 19.8 Å². The number of Topliss-reactive ketones (excluding diaryl/α,β-unsaturated/α-hetero) is 1. The highest BCUT2D eigenvalue weighted by molar-refractivity contribution is 5.93. The van der Waals surface area contributed by atoms with Gasteiger partial charge in [-0.3, -0.25) is 9.59 Å². The van der Waals surface area contributed by atoms with E-state index < -0.39 is 12.1 Å². The van der Waals surface area contributed by atoms with Crippen molar-refractivity contribution < 1.29 is 14.3 Å². The van der Waals surface area contributed by atoms with Gasteiger partial charge in [0.2, 0.25) is 5.91 Å². The van der Waals surface area contributed by atoms with Crippen molar-refractivity contribution in [3.05, 3.63) is 23.4 Å². The first-order valence-corrected chi connectivity index (χ1v) is 5.67. The Morgan fingerprint density at radius 1 is 1.47 bits per heavy atom. The van der Waals surface area contributed by atoms with E-state index >= 15 is 0 Å². The Balaban J connectivity index is 2.07. The number of hydrogen-bond donors (Lipinski definition) is 2. The van der Waals surface area contributed by atoms with Gasteiger partial charge in [0.1, 0.15) is 6.61 Å². The molecule has 1 amide bonds. The van der Waals surface area contributed by atoms with Crippen molar-refractivity contribution in [2.45, 2.75) is 26.0 Å². The van der Waals surface area contributed by atoms with Crippen molar-refractivity contribution in [1.29, 1.82) is 0 Å². The van der Waals surface area contributed by atoms with Gasteiger partial charge in [-0.2, -0.15) is 0 Å². The quantitative estimate of drug-likeness (QED) is 0.715. The van der Waals surface area contributed by atoms with E-state index in [0.29, 0.717) is 11.5 Å². The van der Waals surface area contributed by atoms with Gasteiger partial charge < -0.3 is 15.8 Å². The molecular formula is C12H16N2O3. The van der Waals surface area contributed by atoms with Crippen molar-refractivity contribution in [2.75, 3.05) is 6.61 Å².